The van der Waals surface area contributed by atoms with Gasteiger partial charge in [0.25, 0.3) is 0 Å². The molecule has 0 radical (unpaired) electrons. The SMILES string of the molecule is COc1ccc2ccnc(N3CCC(C)C(Br)C3)c2c1. The summed E-state index contributed by atoms with van der Waals surface area (Å²) in [7, 11) is 1.70. The van der Waals surface area contributed by atoms with Gasteiger partial charge in [0.05, 0.1) is 7.11 Å². The largest absolute Gasteiger partial charge is 0.497 e. The third kappa shape index (κ3) is 2.49. The molecule has 20 heavy (non-hydrogen) atoms. The average Bonchev–Trinajstić information content (AvgIpc) is 2.49. The summed E-state index contributed by atoms with van der Waals surface area (Å²) in [5, 5.41) is 2.38. The van der Waals surface area contributed by atoms with Crippen LogP contribution in [0, 0.1) is 5.92 Å². The minimum absolute atomic E-state index is 0.527. The second-order valence-corrected chi connectivity index (χ2v) is 6.63. The van der Waals surface area contributed by atoms with Gasteiger partial charge in [-0.2, -0.15) is 0 Å². The molecule has 0 N–H and O–H groups in total. The monoisotopic (exact) mass is 334 g/mol. The molecular weight excluding hydrogens is 316 g/mol. The van der Waals surface area contributed by atoms with Gasteiger partial charge in [-0.05, 0) is 35.9 Å². The molecule has 2 aromatic rings. The Kier molecular flexibility index (Phi) is 3.83. The van der Waals surface area contributed by atoms with E-state index in [1.807, 2.05) is 12.3 Å². The predicted octanol–water partition coefficient (Wildman–Crippen LogP) is 3.85. The number of ether oxygens (including phenoxy) is 1. The number of halogens is 1. The van der Waals surface area contributed by atoms with Crippen molar-refractivity contribution in [1.82, 2.24) is 4.98 Å². The molecule has 106 valence electrons. The van der Waals surface area contributed by atoms with Gasteiger partial charge >= 0.3 is 0 Å². The van der Waals surface area contributed by atoms with Crippen LogP contribution < -0.4 is 9.64 Å². The number of hydrogen-bond acceptors (Lipinski definition) is 3. The van der Waals surface area contributed by atoms with Gasteiger partial charge in [0.2, 0.25) is 0 Å². The predicted molar refractivity (Wildman–Crippen MR) is 87.0 cm³/mol. The van der Waals surface area contributed by atoms with E-state index >= 15 is 0 Å². The lowest BCUT2D eigenvalue weighted by Crippen LogP contribution is -2.40. The highest BCUT2D eigenvalue weighted by Gasteiger charge is 2.25. The smallest absolute Gasteiger partial charge is 0.136 e. The van der Waals surface area contributed by atoms with Crippen molar-refractivity contribution >= 4 is 32.5 Å². The van der Waals surface area contributed by atoms with Gasteiger partial charge in [0.15, 0.2) is 0 Å². The molecule has 0 spiro atoms. The molecule has 0 bridgehead atoms. The molecular formula is C16H19BrN2O. The third-order valence-electron chi connectivity index (χ3n) is 4.12. The van der Waals surface area contributed by atoms with Crippen LogP contribution in [0.3, 0.4) is 0 Å². The van der Waals surface area contributed by atoms with E-state index < -0.39 is 0 Å². The van der Waals surface area contributed by atoms with E-state index in [4.69, 9.17) is 4.74 Å². The summed E-state index contributed by atoms with van der Waals surface area (Å²) in [5.41, 5.74) is 0. The van der Waals surface area contributed by atoms with Gasteiger partial charge in [-0.3, -0.25) is 0 Å². The Morgan fingerprint density at radius 2 is 2.20 bits per heavy atom. The van der Waals surface area contributed by atoms with Crippen LogP contribution in [0.4, 0.5) is 5.82 Å². The Bertz CT molecular complexity index is 616. The fourth-order valence-corrected chi connectivity index (χ4v) is 3.34. The maximum atomic E-state index is 5.35. The zero-order valence-corrected chi connectivity index (χ0v) is 13.4. The standard InChI is InChI=1S/C16H19BrN2O/c1-11-6-8-19(10-15(11)17)16-14-9-13(20-2)4-3-12(14)5-7-18-16/h3-5,7,9,11,15H,6,8,10H2,1-2H3. The first-order valence-electron chi connectivity index (χ1n) is 7.01. The molecule has 2 heterocycles. The van der Waals surface area contributed by atoms with Crippen molar-refractivity contribution in [2.24, 2.45) is 5.92 Å². The minimum Gasteiger partial charge on any atom is -0.497 e. The van der Waals surface area contributed by atoms with Crippen molar-refractivity contribution in [3.8, 4) is 5.75 Å². The number of piperidine rings is 1. The van der Waals surface area contributed by atoms with E-state index in [0.717, 1.165) is 30.6 Å². The van der Waals surface area contributed by atoms with Crippen LogP contribution >= 0.6 is 15.9 Å². The summed E-state index contributed by atoms with van der Waals surface area (Å²) in [5.74, 6) is 2.67. The Balaban J connectivity index is 2.02. The Hall–Kier alpha value is -1.29. The van der Waals surface area contributed by atoms with Crippen molar-refractivity contribution in [2.75, 3.05) is 25.1 Å². The van der Waals surface area contributed by atoms with E-state index in [-0.39, 0.29) is 0 Å². The van der Waals surface area contributed by atoms with Gasteiger partial charge in [-0.25, -0.2) is 4.98 Å². The average molecular weight is 335 g/mol. The Labute approximate surface area is 128 Å². The fraction of sp³-hybridized carbons (Fsp3) is 0.438. The van der Waals surface area contributed by atoms with Crippen LogP contribution in [-0.2, 0) is 0 Å². The zero-order chi connectivity index (χ0) is 14.1. The van der Waals surface area contributed by atoms with E-state index in [2.05, 4.69) is 50.9 Å². The topological polar surface area (TPSA) is 25.4 Å². The number of anilines is 1. The quantitative estimate of drug-likeness (QED) is 0.780. The molecule has 1 aliphatic heterocycles. The highest BCUT2D eigenvalue weighted by atomic mass is 79.9. The van der Waals surface area contributed by atoms with E-state index in [9.17, 15) is 0 Å². The lowest BCUT2D eigenvalue weighted by atomic mass is 9.98. The first kappa shape index (κ1) is 13.7. The summed E-state index contributed by atoms with van der Waals surface area (Å²) < 4.78 is 5.35. The maximum absolute atomic E-state index is 5.35. The highest BCUT2D eigenvalue weighted by Crippen LogP contribution is 2.32. The molecule has 3 rings (SSSR count). The van der Waals surface area contributed by atoms with Gasteiger partial charge < -0.3 is 9.64 Å². The van der Waals surface area contributed by atoms with Crippen molar-refractivity contribution < 1.29 is 4.74 Å². The molecule has 0 amide bonds. The Morgan fingerprint density at radius 1 is 1.35 bits per heavy atom. The summed E-state index contributed by atoms with van der Waals surface area (Å²) in [6.07, 6.45) is 3.09. The highest BCUT2D eigenvalue weighted by molar-refractivity contribution is 9.09. The van der Waals surface area contributed by atoms with Gasteiger partial charge in [-0.15, -0.1) is 0 Å². The summed E-state index contributed by atoms with van der Waals surface area (Å²) in [4.78, 5) is 7.52. The number of methoxy groups -OCH3 is 1. The summed E-state index contributed by atoms with van der Waals surface area (Å²) in [6.45, 7) is 4.37. The van der Waals surface area contributed by atoms with Gasteiger partial charge in [-0.1, -0.05) is 28.9 Å². The first-order valence-corrected chi connectivity index (χ1v) is 7.92. The van der Waals surface area contributed by atoms with Crippen molar-refractivity contribution in [3.05, 3.63) is 30.5 Å². The van der Waals surface area contributed by atoms with E-state index in [1.54, 1.807) is 7.11 Å². The van der Waals surface area contributed by atoms with E-state index in [1.165, 1.54) is 17.2 Å². The summed E-state index contributed by atoms with van der Waals surface area (Å²) in [6, 6.07) is 8.23. The number of alkyl halides is 1. The third-order valence-corrected chi connectivity index (χ3v) is 5.31. The second-order valence-electron chi connectivity index (χ2n) is 5.45. The van der Waals surface area contributed by atoms with Crippen LogP contribution in [0.1, 0.15) is 13.3 Å². The van der Waals surface area contributed by atoms with Crippen LogP contribution in [0.15, 0.2) is 30.5 Å². The first-order chi connectivity index (χ1) is 9.69. The molecule has 1 aromatic carbocycles. The maximum Gasteiger partial charge on any atom is 0.136 e. The number of hydrogen-bond donors (Lipinski definition) is 0. The van der Waals surface area contributed by atoms with Crippen LogP contribution in [0.25, 0.3) is 10.8 Å². The van der Waals surface area contributed by atoms with Crippen molar-refractivity contribution in [2.45, 2.75) is 18.2 Å². The second kappa shape index (κ2) is 5.60. The Morgan fingerprint density at radius 3 is 2.95 bits per heavy atom. The molecule has 0 saturated carbocycles. The number of nitrogens with zero attached hydrogens (tertiary/aromatic N) is 2. The fourth-order valence-electron chi connectivity index (χ4n) is 2.73. The lowest BCUT2D eigenvalue weighted by molar-refractivity contribution is 0.415. The van der Waals surface area contributed by atoms with Crippen LogP contribution in [-0.4, -0.2) is 30.0 Å². The van der Waals surface area contributed by atoms with Crippen molar-refractivity contribution in [3.63, 3.8) is 0 Å². The number of rotatable bonds is 2. The molecule has 0 aliphatic carbocycles. The van der Waals surface area contributed by atoms with E-state index in [0.29, 0.717) is 4.83 Å². The molecule has 2 unspecified atom stereocenters. The number of benzene rings is 1. The molecule has 1 aliphatic rings. The molecule has 1 saturated heterocycles. The summed E-state index contributed by atoms with van der Waals surface area (Å²) >= 11 is 3.79. The molecule has 1 fully saturated rings. The van der Waals surface area contributed by atoms with Crippen molar-refractivity contribution in [1.29, 1.82) is 0 Å². The molecule has 3 nitrogen and oxygen atoms in total. The molecule has 4 heteroatoms. The number of pyridine rings is 1. The van der Waals surface area contributed by atoms with Crippen LogP contribution in [0.5, 0.6) is 5.75 Å². The van der Waals surface area contributed by atoms with Gasteiger partial charge in [0.1, 0.15) is 11.6 Å². The van der Waals surface area contributed by atoms with Gasteiger partial charge in [0, 0.05) is 29.5 Å². The number of aromatic nitrogens is 1. The minimum atomic E-state index is 0.527. The zero-order valence-electron chi connectivity index (χ0n) is 11.8. The molecule has 1 aromatic heterocycles. The molecule has 2 atom stereocenters. The van der Waals surface area contributed by atoms with Crippen LogP contribution in [0.2, 0.25) is 0 Å². The lowest BCUT2D eigenvalue weighted by Gasteiger charge is -2.35. The normalized spacial score (nSPS) is 23.1. The number of fused-ring (bicyclic) bond motifs is 1.